The van der Waals surface area contributed by atoms with Crippen LogP contribution in [0, 0.1) is 0 Å². The Balaban J connectivity index is 1.80. The maximum absolute atomic E-state index is 12.9. The van der Waals surface area contributed by atoms with Gasteiger partial charge in [0.05, 0.1) is 5.69 Å². The molecule has 2 N–H and O–H groups in total. The lowest BCUT2D eigenvalue weighted by atomic mass is 10.1. The Morgan fingerprint density at radius 1 is 1.21 bits per heavy atom. The lowest BCUT2D eigenvalue weighted by molar-refractivity contribution is -0.129. The molecule has 156 valence electrons. The first-order valence-electron chi connectivity index (χ1n) is 9.65. The minimum absolute atomic E-state index is 0.00577. The lowest BCUT2D eigenvalue weighted by Crippen LogP contribution is -2.28. The van der Waals surface area contributed by atoms with Crippen LogP contribution in [0.1, 0.15) is 42.7 Å². The number of carbonyl (C=O) groups is 2. The van der Waals surface area contributed by atoms with Crippen molar-refractivity contribution in [2.75, 3.05) is 24.4 Å². The Labute approximate surface area is 170 Å². The number of H-pyrrole nitrogens is 1. The molecule has 0 spiro atoms. The second-order valence-corrected chi connectivity index (χ2v) is 8.73. The molecule has 3 rings (SSSR count). The van der Waals surface area contributed by atoms with Gasteiger partial charge in [-0.2, -0.15) is 0 Å². The van der Waals surface area contributed by atoms with Gasteiger partial charge in [0, 0.05) is 39.3 Å². The minimum Gasteiger partial charge on any atom is -0.356 e. The van der Waals surface area contributed by atoms with E-state index < -0.39 is 10.0 Å². The summed E-state index contributed by atoms with van der Waals surface area (Å²) in [5.41, 5.74) is 1.35. The number of anilines is 1. The summed E-state index contributed by atoms with van der Waals surface area (Å²) in [7, 11) is -3.89. The van der Waals surface area contributed by atoms with E-state index >= 15 is 0 Å². The highest BCUT2D eigenvalue weighted by molar-refractivity contribution is 7.92. The summed E-state index contributed by atoms with van der Waals surface area (Å²) >= 11 is 0. The Kier molecular flexibility index (Phi) is 6.26. The predicted octanol–water partition coefficient (Wildman–Crippen LogP) is 2.42. The second kappa shape index (κ2) is 8.69. The van der Waals surface area contributed by atoms with E-state index in [0.717, 1.165) is 12.8 Å². The summed E-state index contributed by atoms with van der Waals surface area (Å²) in [6.07, 6.45) is 3.25. The summed E-state index contributed by atoms with van der Waals surface area (Å²) in [5, 5.41) is 0. The van der Waals surface area contributed by atoms with Gasteiger partial charge in [-0.3, -0.25) is 14.3 Å². The van der Waals surface area contributed by atoms with Gasteiger partial charge >= 0.3 is 0 Å². The predicted molar refractivity (Wildman–Crippen MR) is 110 cm³/mol. The van der Waals surface area contributed by atoms with Gasteiger partial charge in [0.2, 0.25) is 5.91 Å². The zero-order chi connectivity index (χ0) is 21.0. The first kappa shape index (κ1) is 20.9. The maximum atomic E-state index is 12.9. The number of likely N-dealkylation sites (tertiary alicyclic amines) is 1. The van der Waals surface area contributed by atoms with Crippen molar-refractivity contribution in [1.82, 2.24) is 14.8 Å². The van der Waals surface area contributed by atoms with Gasteiger partial charge in [-0.1, -0.05) is 18.2 Å². The van der Waals surface area contributed by atoms with Crippen LogP contribution in [0.25, 0.3) is 0 Å². The molecule has 0 atom stereocenters. The summed E-state index contributed by atoms with van der Waals surface area (Å²) in [6, 6.07) is 8.32. The van der Waals surface area contributed by atoms with E-state index in [1.165, 1.54) is 19.2 Å². The smallest absolute Gasteiger partial charge is 0.270 e. The molecule has 0 bridgehead atoms. The maximum Gasteiger partial charge on any atom is 0.270 e. The van der Waals surface area contributed by atoms with Crippen LogP contribution in [0.3, 0.4) is 0 Å². The Morgan fingerprint density at radius 3 is 2.55 bits per heavy atom. The number of rotatable bonds is 7. The molecule has 1 aliphatic rings. The molecule has 1 saturated heterocycles. The second-order valence-electron chi connectivity index (χ2n) is 7.04. The summed E-state index contributed by atoms with van der Waals surface area (Å²) in [6.45, 7) is 5.56. The zero-order valence-corrected chi connectivity index (χ0v) is 17.5. The quantitative estimate of drug-likeness (QED) is 0.721. The Bertz CT molecular complexity index is 993. The Hall–Kier alpha value is -2.81. The summed E-state index contributed by atoms with van der Waals surface area (Å²) < 4.78 is 28.3. The number of sulfonamides is 1. The van der Waals surface area contributed by atoms with E-state index in [9.17, 15) is 18.0 Å². The first-order valence-corrected chi connectivity index (χ1v) is 11.1. The van der Waals surface area contributed by atoms with E-state index in [4.69, 9.17) is 0 Å². The number of nitrogens with zero attached hydrogens (tertiary/aromatic N) is 2. The van der Waals surface area contributed by atoms with E-state index in [1.54, 1.807) is 34.1 Å². The fourth-order valence-electron chi connectivity index (χ4n) is 3.36. The van der Waals surface area contributed by atoms with Crippen LogP contribution >= 0.6 is 0 Å². The van der Waals surface area contributed by atoms with Crippen molar-refractivity contribution in [2.45, 2.75) is 38.1 Å². The van der Waals surface area contributed by atoms with Gasteiger partial charge < -0.3 is 14.8 Å². The van der Waals surface area contributed by atoms with E-state index in [0.29, 0.717) is 37.4 Å². The van der Waals surface area contributed by atoms with Gasteiger partial charge in [0.25, 0.3) is 15.9 Å². The highest BCUT2D eigenvalue weighted by Crippen LogP contribution is 2.23. The van der Waals surface area contributed by atoms with E-state index in [-0.39, 0.29) is 22.4 Å². The van der Waals surface area contributed by atoms with Crippen LogP contribution in [-0.4, -0.2) is 54.7 Å². The first-order chi connectivity index (χ1) is 13.8. The molecule has 1 fully saturated rings. The van der Waals surface area contributed by atoms with Crippen LogP contribution in [0.2, 0.25) is 0 Å². The summed E-state index contributed by atoms with van der Waals surface area (Å²) in [5.74, 6) is -0.273. The molecular weight excluding hydrogens is 392 g/mol. The molecule has 8 nitrogen and oxygen atoms in total. The minimum atomic E-state index is -3.89. The average molecular weight is 419 g/mol. The van der Waals surface area contributed by atoms with Gasteiger partial charge in [0.1, 0.15) is 10.6 Å². The number of aromatic nitrogens is 1. The van der Waals surface area contributed by atoms with Gasteiger partial charge in [0.15, 0.2) is 0 Å². The van der Waals surface area contributed by atoms with Crippen LogP contribution < -0.4 is 4.72 Å². The van der Waals surface area contributed by atoms with Crippen molar-refractivity contribution < 1.29 is 18.0 Å². The number of aromatic amines is 1. The molecule has 9 heteroatoms. The summed E-state index contributed by atoms with van der Waals surface area (Å²) in [4.78, 5) is 30.3. The topological polar surface area (TPSA) is 103 Å². The Morgan fingerprint density at radius 2 is 1.90 bits per heavy atom. The molecule has 2 heterocycles. The van der Waals surface area contributed by atoms with Crippen LogP contribution in [0.4, 0.5) is 5.69 Å². The third kappa shape index (κ3) is 4.79. The normalized spacial score (nSPS) is 14.1. The van der Waals surface area contributed by atoms with Gasteiger partial charge in [-0.05, 0) is 37.5 Å². The van der Waals surface area contributed by atoms with Crippen molar-refractivity contribution in [3.63, 3.8) is 0 Å². The van der Waals surface area contributed by atoms with Crippen LogP contribution in [0.5, 0.6) is 0 Å². The number of carbonyl (C=O) groups excluding carboxylic acids is 2. The zero-order valence-electron chi connectivity index (χ0n) is 16.6. The van der Waals surface area contributed by atoms with Crippen molar-refractivity contribution in [3.05, 3.63) is 47.8 Å². The van der Waals surface area contributed by atoms with Crippen molar-refractivity contribution in [3.8, 4) is 0 Å². The number of benzene rings is 1. The molecule has 2 aromatic rings. The molecule has 0 radical (unpaired) electrons. The van der Waals surface area contributed by atoms with E-state index in [2.05, 4.69) is 9.71 Å². The number of hydrogen-bond donors (Lipinski definition) is 2. The van der Waals surface area contributed by atoms with Crippen molar-refractivity contribution >= 4 is 27.5 Å². The fraction of sp³-hybridized carbons (Fsp3) is 0.400. The molecule has 0 aliphatic carbocycles. The van der Waals surface area contributed by atoms with E-state index in [1.807, 2.05) is 6.92 Å². The largest absolute Gasteiger partial charge is 0.356 e. The standard InChI is InChI=1S/C20H26N4O4S/c1-3-23(15(2)25)14-16-8-4-5-9-18(16)22-29(27,28)17-12-19(21-13-17)20(26)24-10-6-7-11-24/h4-5,8-9,12-13,21-22H,3,6-7,10-11,14H2,1-2H3. The lowest BCUT2D eigenvalue weighted by Gasteiger charge is -2.21. The van der Waals surface area contributed by atoms with Crippen LogP contribution in [0.15, 0.2) is 41.4 Å². The molecule has 29 heavy (non-hydrogen) atoms. The molecule has 1 aromatic carbocycles. The monoisotopic (exact) mass is 418 g/mol. The fourth-order valence-corrected chi connectivity index (χ4v) is 4.45. The number of nitrogens with one attached hydrogen (secondary N) is 2. The molecule has 1 aromatic heterocycles. The molecule has 0 saturated carbocycles. The molecule has 1 aliphatic heterocycles. The van der Waals surface area contributed by atoms with Gasteiger partial charge in [-0.25, -0.2) is 8.42 Å². The average Bonchev–Trinajstić information content (AvgIpc) is 3.38. The number of hydrogen-bond acceptors (Lipinski definition) is 4. The number of para-hydroxylation sites is 1. The SMILES string of the molecule is CCN(Cc1ccccc1NS(=O)(=O)c1c[nH]c(C(=O)N2CCCC2)c1)C(C)=O. The van der Waals surface area contributed by atoms with Crippen molar-refractivity contribution in [1.29, 1.82) is 0 Å². The third-order valence-corrected chi connectivity index (χ3v) is 6.39. The van der Waals surface area contributed by atoms with Gasteiger partial charge in [-0.15, -0.1) is 0 Å². The van der Waals surface area contributed by atoms with Crippen molar-refractivity contribution in [2.24, 2.45) is 0 Å². The number of amides is 2. The molecular formula is C20H26N4O4S. The molecule has 2 amide bonds. The highest BCUT2D eigenvalue weighted by Gasteiger charge is 2.24. The highest BCUT2D eigenvalue weighted by atomic mass is 32.2. The third-order valence-electron chi connectivity index (χ3n) is 5.04. The van der Waals surface area contributed by atoms with Crippen LogP contribution in [-0.2, 0) is 21.4 Å². The molecule has 0 unspecified atom stereocenters.